The highest BCUT2D eigenvalue weighted by atomic mass is 32.1. The van der Waals surface area contributed by atoms with Crippen LogP contribution in [0.25, 0.3) is 5.69 Å². The average Bonchev–Trinajstić information content (AvgIpc) is 3.53. The van der Waals surface area contributed by atoms with E-state index in [1.54, 1.807) is 18.3 Å². The van der Waals surface area contributed by atoms with Crippen LogP contribution in [0.3, 0.4) is 0 Å². The molecule has 9 nitrogen and oxygen atoms in total. The molecule has 2 aromatic carbocycles. The fourth-order valence-electron chi connectivity index (χ4n) is 4.55. The van der Waals surface area contributed by atoms with E-state index in [0.29, 0.717) is 17.3 Å². The van der Waals surface area contributed by atoms with Crippen LogP contribution in [0, 0.1) is 15.9 Å². The molecular formula is C27H23FN6O3S. The number of carbonyl (C=O) groups is 1. The van der Waals surface area contributed by atoms with Crippen molar-refractivity contribution in [2.75, 3.05) is 11.9 Å². The van der Waals surface area contributed by atoms with Crippen molar-refractivity contribution < 1.29 is 14.1 Å². The first-order valence-corrected chi connectivity index (χ1v) is 12.3. The lowest BCUT2D eigenvalue weighted by Crippen LogP contribution is -2.33. The van der Waals surface area contributed by atoms with E-state index in [-0.39, 0.29) is 35.9 Å². The van der Waals surface area contributed by atoms with Gasteiger partial charge in [0.1, 0.15) is 5.82 Å². The minimum absolute atomic E-state index is 0.00585. The molecule has 192 valence electrons. The van der Waals surface area contributed by atoms with Crippen molar-refractivity contribution in [2.45, 2.75) is 18.5 Å². The van der Waals surface area contributed by atoms with Gasteiger partial charge in [-0.2, -0.15) is 0 Å². The van der Waals surface area contributed by atoms with Gasteiger partial charge in [-0.1, -0.05) is 6.07 Å². The SMILES string of the molecule is O=C(CCN1C(=S)NC(c2ccccn2)C1c1cccn1-c1ccc([N+](=O)[O-])cc1)Nc1ccc(F)cc1. The zero-order valence-electron chi connectivity index (χ0n) is 20.0. The van der Waals surface area contributed by atoms with Crippen molar-refractivity contribution in [1.29, 1.82) is 0 Å². The van der Waals surface area contributed by atoms with Gasteiger partial charge in [-0.3, -0.25) is 19.9 Å². The molecule has 1 aliphatic rings. The summed E-state index contributed by atoms with van der Waals surface area (Å²) >= 11 is 5.70. The number of nitro benzene ring substituents is 1. The Kier molecular flexibility index (Phi) is 7.09. The van der Waals surface area contributed by atoms with Crippen LogP contribution in [0.2, 0.25) is 0 Å². The first-order valence-electron chi connectivity index (χ1n) is 11.9. The van der Waals surface area contributed by atoms with Gasteiger partial charge in [0.15, 0.2) is 5.11 Å². The summed E-state index contributed by atoms with van der Waals surface area (Å²) in [7, 11) is 0. The number of non-ortho nitro benzene ring substituents is 1. The number of amides is 1. The maximum Gasteiger partial charge on any atom is 0.269 e. The molecule has 0 radical (unpaired) electrons. The first kappa shape index (κ1) is 25.0. The Morgan fingerprint density at radius 1 is 1.08 bits per heavy atom. The van der Waals surface area contributed by atoms with Crippen LogP contribution >= 0.6 is 12.2 Å². The molecule has 0 saturated carbocycles. The molecule has 1 saturated heterocycles. The van der Waals surface area contributed by atoms with Gasteiger partial charge in [0, 0.05) is 54.6 Å². The molecule has 1 fully saturated rings. The maximum atomic E-state index is 13.2. The van der Waals surface area contributed by atoms with E-state index < -0.39 is 4.92 Å². The van der Waals surface area contributed by atoms with Crippen molar-refractivity contribution in [3.05, 3.63) is 119 Å². The number of pyridine rings is 1. The van der Waals surface area contributed by atoms with Gasteiger partial charge < -0.3 is 20.1 Å². The van der Waals surface area contributed by atoms with E-state index in [1.165, 1.54) is 36.4 Å². The summed E-state index contributed by atoms with van der Waals surface area (Å²) in [5, 5.41) is 17.8. The molecule has 11 heteroatoms. The second-order valence-corrected chi connectivity index (χ2v) is 9.09. The summed E-state index contributed by atoms with van der Waals surface area (Å²) in [6, 6.07) is 20.8. The third-order valence-corrected chi connectivity index (χ3v) is 6.68. The van der Waals surface area contributed by atoms with Crippen LogP contribution in [0.5, 0.6) is 0 Å². The smallest absolute Gasteiger partial charge is 0.269 e. The van der Waals surface area contributed by atoms with Gasteiger partial charge in [-0.25, -0.2) is 4.39 Å². The monoisotopic (exact) mass is 530 g/mol. The molecule has 1 aliphatic heterocycles. The highest BCUT2D eigenvalue weighted by molar-refractivity contribution is 7.80. The lowest BCUT2D eigenvalue weighted by Gasteiger charge is -2.28. The minimum Gasteiger partial charge on any atom is -0.352 e. The third kappa shape index (κ3) is 5.23. The van der Waals surface area contributed by atoms with Crippen molar-refractivity contribution >= 4 is 34.6 Å². The van der Waals surface area contributed by atoms with Gasteiger partial charge in [0.05, 0.1) is 22.7 Å². The van der Waals surface area contributed by atoms with Crippen LogP contribution in [0.4, 0.5) is 15.8 Å². The molecule has 2 aromatic heterocycles. The predicted octanol–water partition coefficient (Wildman–Crippen LogP) is 4.92. The summed E-state index contributed by atoms with van der Waals surface area (Å²) in [6.45, 7) is 0.318. The van der Waals surface area contributed by atoms with Crippen LogP contribution in [-0.4, -0.2) is 36.9 Å². The Hall–Kier alpha value is -4.64. The molecular weight excluding hydrogens is 507 g/mol. The van der Waals surface area contributed by atoms with Crippen LogP contribution in [0.15, 0.2) is 91.3 Å². The minimum atomic E-state index is -0.435. The Balaban J connectivity index is 1.43. The zero-order chi connectivity index (χ0) is 26.6. The van der Waals surface area contributed by atoms with E-state index in [2.05, 4.69) is 15.6 Å². The summed E-state index contributed by atoms with van der Waals surface area (Å²) in [5.74, 6) is -0.610. The number of hydrogen-bond acceptors (Lipinski definition) is 5. The van der Waals surface area contributed by atoms with Gasteiger partial charge in [-0.05, 0) is 72.9 Å². The Labute approximate surface area is 223 Å². The van der Waals surface area contributed by atoms with Gasteiger partial charge in [-0.15, -0.1) is 0 Å². The van der Waals surface area contributed by atoms with Gasteiger partial charge in [0.25, 0.3) is 5.69 Å². The number of rotatable bonds is 8. The van der Waals surface area contributed by atoms with E-state index >= 15 is 0 Å². The fraction of sp³-hybridized carbons (Fsp3) is 0.148. The number of aromatic nitrogens is 2. The lowest BCUT2D eigenvalue weighted by atomic mass is 10.0. The van der Waals surface area contributed by atoms with Crippen molar-refractivity contribution in [1.82, 2.24) is 19.8 Å². The van der Waals surface area contributed by atoms with Gasteiger partial charge >= 0.3 is 0 Å². The molecule has 2 N–H and O–H groups in total. The third-order valence-electron chi connectivity index (χ3n) is 6.33. The number of carbonyl (C=O) groups excluding carboxylic acids is 1. The molecule has 3 heterocycles. The molecule has 0 spiro atoms. The van der Waals surface area contributed by atoms with Crippen molar-refractivity contribution in [3.8, 4) is 5.69 Å². The van der Waals surface area contributed by atoms with Crippen molar-refractivity contribution in [3.63, 3.8) is 0 Å². The Morgan fingerprint density at radius 2 is 1.84 bits per heavy atom. The molecule has 0 aliphatic carbocycles. The normalized spacial score (nSPS) is 16.8. The molecule has 5 rings (SSSR count). The summed E-state index contributed by atoms with van der Waals surface area (Å²) < 4.78 is 15.2. The number of thiocarbonyl (C=S) groups is 1. The molecule has 38 heavy (non-hydrogen) atoms. The summed E-state index contributed by atoms with van der Waals surface area (Å²) in [4.78, 5) is 29.9. The number of anilines is 1. The number of nitro groups is 1. The Morgan fingerprint density at radius 3 is 2.53 bits per heavy atom. The maximum absolute atomic E-state index is 13.2. The van der Waals surface area contributed by atoms with Gasteiger partial charge in [0.2, 0.25) is 5.91 Å². The van der Waals surface area contributed by atoms with E-state index in [1.807, 2.05) is 46.0 Å². The molecule has 4 aromatic rings. The number of nitrogens with one attached hydrogen (secondary N) is 2. The van der Waals surface area contributed by atoms with Crippen LogP contribution in [-0.2, 0) is 4.79 Å². The molecule has 0 bridgehead atoms. The molecule has 2 atom stereocenters. The highest BCUT2D eigenvalue weighted by Crippen LogP contribution is 2.39. The second kappa shape index (κ2) is 10.8. The average molecular weight is 531 g/mol. The number of hydrogen-bond donors (Lipinski definition) is 2. The fourth-order valence-corrected chi connectivity index (χ4v) is 4.88. The van der Waals surface area contributed by atoms with E-state index in [4.69, 9.17) is 12.2 Å². The second-order valence-electron chi connectivity index (χ2n) is 8.70. The highest BCUT2D eigenvalue weighted by Gasteiger charge is 2.41. The lowest BCUT2D eigenvalue weighted by molar-refractivity contribution is -0.384. The zero-order valence-corrected chi connectivity index (χ0v) is 20.8. The van der Waals surface area contributed by atoms with Crippen molar-refractivity contribution in [2.24, 2.45) is 0 Å². The number of nitrogens with zero attached hydrogens (tertiary/aromatic N) is 4. The van der Waals surface area contributed by atoms with Crippen LogP contribution < -0.4 is 10.6 Å². The summed E-state index contributed by atoms with van der Waals surface area (Å²) in [5.41, 5.74) is 2.93. The topological polar surface area (TPSA) is 105 Å². The van der Waals surface area contributed by atoms with E-state index in [9.17, 15) is 19.3 Å². The number of benzene rings is 2. The summed E-state index contributed by atoms with van der Waals surface area (Å²) in [6.07, 6.45) is 3.74. The number of halogens is 1. The Bertz CT molecular complexity index is 1460. The first-order chi connectivity index (χ1) is 18.4. The van der Waals surface area contributed by atoms with E-state index in [0.717, 1.165) is 17.1 Å². The molecule has 1 amide bonds. The standard InChI is InChI=1S/C27H23FN6O3S/c28-18-6-8-19(9-7-18)30-24(35)14-17-33-26(25(31-27(33)38)22-4-1-2-15-29-22)23-5-3-16-32(23)20-10-12-21(13-11-20)34(36)37/h1-13,15-16,25-26H,14,17H2,(H,30,35)(H,31,38). The largest absolute Gasteiger partial charge is 0.352 e. The predicted molar refractivity (Wildman–Crippen MR) is 144 cm³/mol. The molecule has 2 unspecified atom stereocenters. The quantitative estimate of drug-likeness (QED) is 0.189. The van der Waals surface area contributed by atoms with Crippen LogP contribution in [0.1, 0.15) is 29.9 Å².